The first-order valence-electron chi connectivity index (χ1n) is 12.3. The van der Waals surface area contributed by atoms with Gasteiger partial charge in [0.05, 0.1) is 23.4 Å². The van der Waals surface area contributed by atoms with E-state index in [1.807, 2.05) is 62.8 Å². The van der Waals surface area contributed by atoms with Crippen molar-refractivity contribution in [2.75, 3.05) is 0 Å². The number of hydrogen-bond acceptors (Lipinski definition) is 4. The Morgan fingerprint density at radius 3 is 2.43 bits per heavy atom. The van der Waals surface area contributed by atoms with Crippen molar-refractivity contribution in [3.63, 3.8) is 0 Å². The fourth-order valence-corrected chi connectivity index (χ4v) is 6.57. The molecule has 6 heteroatoms. The van der Waals surface area contributed by atoms with Crippen LogP contribution < -0.4 is 0 Å². The van der Waals surface area contributed by atoms with Crippen molar-refractivity contribution in [2.45, 2.75) is 31.6 Å². The predicted molar refractivity (Wildman–Crippen MR) is 133 cm³/mol. The summed E-state index contributed by atoms with van der Waals surface area (Å²) in [7, 11) is 1.91. The summed E-state index contributed by atoms with van der Waals surface area (Å²) in [6.07, 6.45) is 6.83. The fraction of sp³-hybridized carbons (Fsp3) is 0.310. The van der Waals surface area contributed by atoms with Crippen molar-refractivity contribution in [1.29, 1.82) is 0 Å². The first-order chi connectivity index (χ1) is 17.0. The highest BCUT2D eigenvalue weighted by Crippen LogP contribution is 2.56. The lowest BCUT2D eigenvalue weighted by Crippen LogP contribution is -2.53. The molecule has 0 bridgehead atoms. The van der Waals surface area contributed by atoms with Crippen LogP contribution in [0.5, 0.6) is 0 Å². The van der Waals surface area contributed by atoms with Crippen LogP contribution in [0.1, 0.15) is 36.7 Å². The van der Waals surface area contributed by atoms with E-state index in [2.05, 4.69) is 33.9 Å². The third-order valence-electron chi connectivity index (χ3n) is 8.11. The van der Waals surface area contributed by atoms with Crippen LogP contribution in [0.2, 0.25) is 0 Å². The summed E-state index contributed by atoms with van der Waals surface area (Å²) in [6, 6.07) is 20.7. The highest BCUT2D eigenvalue weighted by molar-refractivity contribution is 5.96. The van der Waals surface area contributed by atoms with E-state index in [4.69, 9.17) is 4.98 Å². The van der Waals surface area contributed by atoms with Crippen LogP contribution in [-0.2, 0) is 28.5 Å². The molecule has 2 aromatic carbocycles. The van der Waals surface area contributed by atoms with Crippen LogP contribution in [0, 0.1) is 17.8 Å². The van der Waals surface area contributed by atoms with E-state index in [1.54, 1.807) is 4.68 Å². The average molecular weight is 465 g/mol. The molecular formula is C29H28N4O2. The number of aromatic nitrogens is 4. The van der Waals surface area contributed by atoms with Crippen LogP contribution in [0.15, 0.2) is 73.1 Å². The SMILES string of the molecule is C[C@@H]1C(=O)C(C=O)C[C@]2(c3ccccc3)c3nc(-c4cnn(C)c4)n(-c4ccccc4)c3CC[C@@H]12. The molecule has 176 valence electrons. The van der Waals surface area contributed by atoms with E-state index < -0.39 is 11.3 Å². The number of hydrogen-bond donors (Lipinski definition) is 0. The predicted octanol–water partition coefficient (Wildman–Crippen LogP) is 4.55. The Balaban J connectivity index is 1.68. The monoisotopic (exact) mass is 464 g/mol. The number of benzene rings is 2. The number of aryl methyl sites for hydroxylation is 1. The third kappa shape index (κ3) is 3.16. The van der Waals surface area contributed by atoms with E-state index in [9.17, 15) is 9.59 Å². The van der Waals surface area contributed by atoms with Gasteiger partial charge in [0.15, 0.2) is 0 Å². The maximum Gasteiger partial charge on any atom is 0.148 e. The summed E-state index contributed by atoms with van der Waals surface area (Å²) in [5.74, 6) is 0.154. The van der Waals surface area contributed by atoms with Gasteiger partial charge in [-0.05, 0) is 42.9 Å². The van der Waals surface area contributed by atoms with Crippen LogP contribution >= 0.6 is 0 Å². The molecule has 1 saturated carbocycles. The molecular weight excluding hydrogens is 436 g/mol. The zero-order chi connectivity index (χ0) is 24.2. The molecule has 2 heterocycles. The zero-order valence-corrected chi connectivity index (χ0v) is 20.0. The quantitative estimate of drug-likeness (QED) is 0.328. The number of ketones is 1. The Hall–Kier alpha value is -3.80. The summed E-state index contributed by atoms with van der Waals surface area (Å²) in [6.45, 7) is 2.00. The number of fused-ring (bicyclic) bond motifs is 3. The second kappa shape index (κ2) is 8.15. The van der Waals surface area contributed by atoms with Gasteiger partial charge in [0.1, 0.15) is 17.9 Å². The van der Waals surface area contributed by atoms with Gasteiger partial charge in [-0.25, -0.2) is 4.98 Å². The van der Waals surface area contributed by atoms with E-state index in [1.165, 1.54) is 0 Å². The number of aldehydes is 1. The third-order valence-corrected chi connectivity index (χ3v) is 8.11. The van der Waals surface area contributed by atoms with Crippen LogP contribution in [0.3, 0.4) is 0 Å². The van der Waals surface area contributed by atoms with Crippen molar-refractivity contribution >= 4 is 12.1 Å². The molecule has 0 spiro atoms. The molecule has 0 N–H and O–H groups in total. The molecule has 35 heavy (non-hydrogen) atoms. The lowest BCUT2D eigenvalue weighted by Gasteiger charge is -2.50. The molecule has 4 aromatic rings. The summed E-state index contributed by atoms with van der Waals surface area (Å²) in [5.41, 5.74) is 4.76. The molecule has 0 radical (unpaired) electrons. The number of para-hydroxylation sites is 1. The molecule has 2 aliphatic carbocycles. The average Bonchev–Trinajstić information content (AvgIpc) is 3.51. The molecule has 2 aromatic heterocycles. The minimum Gasteiger partial charge on any atom is -0.303 e. The zero-order valence-electron chi connectivity index (χ0n) is 20.0. The van der Waals surface area contributed by atoms with Crippen molar-refractivity contribution in [3.8, 4) is 17.1 Å². The first-order valence-corrected chi connectivity index (χ1v) is 12.3. The molecule has 0 amide bonds. The Labute approximate surface area is 204 Å². The molecule has 4 atom stereocenters. The van der Waals surface area contributed by atoms with Crippen molar-refractivity contribution in [2.24, 2.45) is 24.8 Å². The Kier molecular flexibility index (Phi) is 5.06. The standard InChI is InChI=1S/C29H28N4O2/c1-19-24-13-14-25-27(29(24,15-20(18-34)26(19)35)22-9-5-3-6-10-22)31-28(21-16-30-32(2)17-21)33(25)23-11-7-4-8-12-23/h3-12,16-20,24H,13-15H2,1-2H3/t19-,20?,24-,29+/m0/s1. The number of Topliss-reactive ketones (excluding diaryl/α,β-unsaturated/α-hetero) is 1. The maximum atomic E-state index is 13.1. The number of rotatable bonds is 4. The molecule has 1 unspecified atom stereocenters. The molecule has 2 aliphatic rings. The molecule has 6 rings (SSSR count). The van der Waals surface area contributed by atoms with Gasteiger partial charge >= 0.3 is 0 Å². The van der Waals surface area contributed by atoms with Gasteiger partial charge in [0, 0.05) is 36.0 Å². The van der Waals surface area contributed by atoms with Gasteiger partial charge in [-0.15, -0.1) is 0 Å². The summed E-state index contributed by atoms with van der Waals surface area (Å²) >= 11 is 0. The van der Waals surface area contributed by atoms with Crippen molar-refractivity contribution in [3.05, 3.63) is 90.0 Å². The minimum atomic E-state index is -0.629. The summed E-state index contributed by atoms with van der Waals surface area (Å²) < 4.78 is 4.04. The summed E-state index contributed by atoms with van der Waals surface area (Å²) in [4.78, 5) is 30.6. The Bertz CT molecular complexity index is 1410. The lowest BCUT2D eigenvalue weighted by atomic mass is 9.51. The molecule has 0 aliphatic heterocycles. The first kappa shape index (κ1) is 21.7. The second-order valence-corrected chi connectivity index (χ2v) is 9.92. The van der Waals surface area contributed by atoms with Gasteiger partial charge in [-0.2, -0.15) is 5.10 Å². The highest BCUT2D eigenvalue weighted by atomic mass is 16.1. The van der Waals surface area contributed by atoms with Gasteiger partial charge in [0.25, 0.3) is 0 Å². The van der Waals surface area contributed by atoms with E-state index >= 15 is 0 Å². The van der Waals surface area contributed by atoms with Crippen molar-refractivity contribution < 1.29 is 9.59 Å². The van der Waals surface area contributed by atoms with Gasteiger partial charge in [-0.3, -0.25) is 14.0 Å². The smallest absolute Gasteiger partial charge is 0.148 e. The molecule has 1 fully saturated rings. The van der Waals surface area contributed by atoms with Crippen LogP contribution in [0.25, 0.3) is 17.1 Å². The van der Waals surface area contributed by atoms with Gasteiger partial charge in [0.2, 0.25) is 0 Å². The van der Waals surface area contributed by atoms with Gasteiger partial charge in [-0.1, -0.05) is 55.5 Å². The maximum absolute atomic E-state index is 13.1. The minimum absolute atomic E-state index is 0.0648. The fourth-order valence-electron chi connectivity index (χ4n) is 6.57. The molecule has 6 nitrogen and oxygen atoms in total. The lowest BCUT2D eigenvalue weighted by molar-refractivity contribution is -0.137. The Morgan fingerprint density at radius 2 is 1.77 bits per heavy atom. The number of imidazole rings is 1. The van der Waals surface area contributed by atoms with Gasteiger partial charge < -0.3 is 4.79 Å². The molecule has 0 saturated heterocycles. The number of carbonyl (C=O) groups is 2. The highest BCUT2D eigenvalue weighted by Gasteiger charge is 2.57. The van der Waals surface area contributed by atoms with E-state index in [0.29, 0.717) is 6.42 Å². The number of carbonyl (C=O) groups excluding carboxylic acids is 2. The van der Waals surface area contributed by atoms with Crippen molar-refractivity contribution in [1.82, 2.24) is 19.3 Å². The summed E-state index contributed by atoms with van der Waals surface area (Å²) in [5, 5.41) is 4.41. The van der Waals surface area contributed by atoms with E-state index in [-0.39, 0.29) is 17.6 Å². The number of nitrogens with zero attached hydrogens (tertiary/aromatic N) is 4. The van der Waals surface area contributed by atoms with E-state index in [0.717, 1.165) is 53.2 Å². The Morgan fingerprint density at radius 1 is 1.06 bits per heavy atom. The topological polar surface area (TPSA) is 69.8 Å². The second-order valence-electron chi connectivity index (χ2n) is 9.92. The van der Waals surface area contributed by atoms with Crippen LogP contribution in [-0.4, -0.2) is 31.4 Å². The van der Waals surface area contributed by atoms with Crippen LogP contribution in [0.4, 0.5) is 0 Å². The normalized spacial score (nSPS) is 25.7. The largest absolute Gasteiger partial charge is 0.303 e.